The average molecular weight is 440 g/mol. The predicted octanol–water partition coefficient (Wildman–Crippen LogP) is 6.44. The van der Waals surface area contributed by atoms with Crippen LogP contribution in [0.2, 0.25) is 0 Å². The van der Waals surface area contributed by atoms with Gasteiger partial charge in [0.2, 0.25) is 0 Å². The highest BCUT2D eigenvalue weighted by molar-refractivity contribution is 5.21. The summed E-state index contributed by atoms with van der Waals surface area (Å²) in [6.45, 7) is 8.66. The molecule has 0 spiro atoms. The van der Waals surface area contributed by atoms with Gasteiger partial charge in [-0.25, -0.2) is 0 Å². The predicted molar refractivity (Wildman–Crippen MR) is 129 cm³/mol. The fourth-order valence-corrected chi connectivity index (χ4v) is 8.75. The van der Waals surface area contributed by atoms with Crippen LogP contribution in [0.3, 0.4) is 0 Å². The van der Waals surface area contributed by atoms with E-state index in [1.54, 1.807) is 6.20 Å². The summed E-state index contributed by atoms with van der Waals surface area (Å²) in [5.74, 6) is 5.79. The Morgan fingerprint density at radius 2 is 2.03 bits per heavy atom. The minimum atomic E-state index is 0.357. The van der Waals surface area contributed by atoms with E-state index in [0.29, 0.717) is 23.5 Å². The van der Waals surface area contributed by atoms with Gasteiger partial charge in [0.1, 0.15) is 6.07 Å². The molecule has 32 heavy (non-hydrogen) atoms. The van der Waals surface area contributed by atoms with Gasteiger partial charge in [-0.05, 0) is 98.2 Å². The van der Waals surface area contributed by atoms with Gasteiger partial charge in [-0.1, -0.05) is 40.0 Å². The number of hydrogen-bond donors (Lipinski definition) is 1. The van der Waals surface area contributed by atoms with E-state index < -0.39 is 0 Å². The van der Waals surface area contributed by atoms with E-state index in [2.05, 4.69) is 31.9 Å². The largest absolute Gasteiger partial charge is 0.396 e. The number of aliphatic hydroxyl groups excluding tert-OH is 1. The zero-order chi connectivity index (χ0) is 22.7. The van der Waals surface area contributed by atoms with Gasteiger partial charge in [-0.15, -0.1) is 0 Å². The Morgan fingerprint density at radius 3 is 2.75 bits per heavy atom. The molecule has 3 aliphatic rings. The van der Waals surface area contributed by atoms with Crippen molar-refractivity contribution in [3.05, 3.63) is 18.0 Å². The minimum Gasteiger partial charge on any atom is -0.396 e. The summed E-state index contributed by atoms with van der Waals surface area (Å²) < 4.78 is 2.00. The molecule has 3 aliphatic carbocycles. The molecule has 0 aromatic carbocycles. The smallest absolute Gasteiger partial charge is 0.102 e. The zero-order valence-electron chi connectivity index (χ0n) is 20.7. The maximum absolute atomic E-state index is 9.56. The Kier molecular flexibility index (Phi) is 7.65. The van der Waals surface area contributed by atoms with Crippen molar-refractivity contribution in [3.63, 3.8) is 0 Å². The molecule has 0 aliphatic heterocycles. The van der Waals surface area contributed by atoms with Crippen molar-refractivity contribution in [2.24, 2.45) is 46.8 Å². The number of hydrogen-bond acceptors (Lipinski definition) is 3. The van der Waals surface area contributed by atoms with Gasteiger partial charge in [0.05, 0.1) is 11.8 Å². The van der Waals surface area contributed by atoms with Gasteiger partial charge >= 0.3 is 0 Å². The van der Waals surface area contributed by atoms with E-state index in [-0.39, 0.29) is 0 Å². The highest BCUT2D eigenvalue weighted by Gasteiger charge is 2.57. The van der Waals surface area contributed by atoms with E-state index in [9.17, 15) is 5.11 Å². The number of aliphatic hydroxyl groups is 1. The van der Waals surface area contributed by atoms with Crippen LogP contribution < -0.4 is 0 Å². The Morgan fingerprint density at radius 1 is 1.19 bits per heavy atom. The lowest BCUT2D eigenvalue weighted by Crippen LogP contribution is -2.48. The second-order valence-electron chi connectivity index (χ2n) is 11.7. The SMILES string of the molecule is CCCC[C@@H]1CC[C@@H]2[C@H](CC[C@]3(C)[C@@H]([C@@H](C)Cn4cc(C#N)cn4)CC[C@@H]23)[C@H]1CCCO. The molecule has 0 unspecified atom stereocenters. The molecule has 178 valence electrons. The summed E-state index contributed by atoms with van der Waals surface area (Å²) in [4.78, 5) is 0. The van der Waals surface area contributed by atoms with Crippen molar-refractivity contribution in [1.82, 2.24) is 9.78 Å². The van der Waals surface area contributed by atoms with Crippen LogP contribution in [0.5, 0.6) is 0 Å². The Labute approximate surface area is 195 Å². The van der Waals surface area contributed by atoms with Crippen LogP contribution in [0.25, 0.3) is 0 Å². The van der Waals surface area contributed by atoms with Gasteiger partial charge in [-0.3, -0.25) is 4.68 Å². The fourth-order valence-electron chi connectivity index (χ4n) is 8.75. The van der Waals surface area contributed by atoms with Crippen molar-refractivity contribution in [3.8, 4) is 6.07 Å². The lowest BCUT2D eigenvalue weighted by molar-refractivity contribution is -0.0645. The molecule has 0 radical (unpaired) electrons. The molecule has 0 bridgehead atoms. The number of unbranched alkanes of at least 4 members (excludes halogenated alkanes) is 1. The highest BCUT2D eigenvalue weighted by Crippen LogP contribution is 2.65. The summed E-state index contributed by atoms with van der Waals surface area (Å²) in [5.41, 5.74) is 1.13. The molecule has 3 fully saturated rings. The van der Waals surface area contributed by atoms with Crippen LogP contribution in [-0.2, 0) is 6.54 Å². The van der Waals surface area contributed by atoms with Crippen LogP contribution in [0, 0.1) is 58.2 Å². The summed E-state index contributed by atoms with van der Waals surface area (Å²) in [7, 11) is 0. The maximum Gasteiger partial charge on any atom is 0.102 e. The Hall–Kier alpha value is -1.34. The highest BCUT2D eigenvalue weighted by atomic mass is 16.2. The van der Waals surface area contributed by atoms with E-state index in [4.69, 9.17) is 5.26 Å². The van der Waals surface area contributed by atoms with Crippen LogP contribution in [0.4, 0.5) is 0 Å². The molecule has 4 nitrogen and oxygen atoms in total. The molecule has 1 aromatic heterocycles. The Balaban J connectivity index is 1.46. The minimum absolute atomic E-state index is 0.357. The molecular formula is C28H45N3O. The normalized spacial score (nSPS) is 37.5. The first-order valence-electron chi connectivity index (χ1n) is 13.5. The first-order chi connectivity index (χ1) is 15.5. The summed E-state index contributed by atoms with van der Waals surface area (Å²) in [6.07, 6.45) is 18.4. The van der Waals surface area contributed by atoms with Crippen LogP contribution in [-0.4, -0.2) is 21.5 Å². The molecule has 3 saturated carbocycles. The van der Waals surface area contributed by atoms with Crippen molar-refractivity contribution in [2.75, 3.05) is 6.61 Å². The van der Waals surface area contributed by atoms with Gasteiger partial charge < -0.3 is 5.11 Å². The number of rotatable bonds is 9. The summed E-state index contributed by atoms with van der Waals surface area (Å²) in [5, 5.41) is 23.1. The first kappa shape index (κ1) is 23.8. The third-order valence-electron chi connectivity index (χ3n) is 10.1. The van der Waals surface area contributed by atoms with Crippen molar-refractivity contribution >= 4 is 0 Å². The van der Waals surface area contributed by atoms with Crippen LogP contribution in [0.15, 0.2) is 12.4 Å². The third-order valence-corrected chi connectivity index (χ3v) is 10.1. The quantitative estimate of drug-likeness (QED) is 0.482. The number of aromatic nitrogens is 2. The van der Waals surface area contributed by atoms with Crippen LogP contribution in [0.1, 0.15) is 97.0 Å². The molecule has 1 heterocycles. The molecule has 8 atom stereocenters. The zero-order valence-corrected chi connectivity index (χ0v) is 20.7. The molecule has 1 N–H and O–H groups in total. The second-order valence-corrected chi connectivity index (χ2v) is 11.7. The standard InChI is InChI=1S/C28H45N3O/c1-4-5-7-22-9-10-25-24(23(22)8-6-15-32)13-14-28(3)26(11-12-27(25)28)20(2)18-31-19-21(16-29)17-30-31/h17,19-20,22-27,32H,4-15,18H2,1-3H3/t20-,22+,23-,24+,25+,26+,27-,28+/m0/s1. The van der Waals surface area contributed by atoms with Crippen molar-refractivity contribution in [1.29, 1.82) is 5.26 Å². The number of nitrogens with zero attached hydrogens (tertiary/aromatic N) is 3. The average Bonchev–Trinajstić information content (AvgIpc) is 3.39. The monoisotopic (exact) mass is 439 g/mol. The summed E-state index contributed by atoms with van der Waals surface area (Å²) in [6, 6.07) is 2.21. The van der Waals surface area contributed by atoms with Gasteiger partial charge in [0.25, 0.3) is 0 Å². The molecule has 4 rings (SSSR count). The van der Waals surface area contributed by atoms with E-state index in [1.165, 1.54) is 64.2 Å². The van der Waals surface area contributed by atoms with Gasteiger partial charge in [0.15, 0.2) is 0 Å². The van der Waals surface area contributed by atoms with Crippen LogP contribution >= 0.6 is 0 Å². The van der Waals surface area contributed by atoms with Gasteiger partial charge in [0, 0.05) is 19.3 Å². The number of fused-ring (bicyclic) bond motifs is 3. The lowest BCUT2D eigenvalue weighted by atomic mass is 9.50. The Bertz CT molecular complexity index is 782. The fraction of sp³-hybridized carbons (Fsp3) is 0.857. The van der Waals surface area contributed by atoms with Crippen molar-refractivity contribution < 1.29 is 5.11 Å². The number of nitriles is 1. The van der Waals surface area contributed by atoms with E-state index in [1.807, 2.05) is 10.9 Å². The maximum atomic E-state index is 9.56. The molecule has 0 saturated heterocycles. The molecular weight excluding hydrogens is 394 g/mol. The molecule has 0 amide bonds. The third kappa shape index (κ3) is 4.52. The first-order valence-corrected chi connectivity index (χ1v) is 13.5. The summed E-state index contributed by atoms with van der Waals surface area (Å²) >= 11 is 0. The second kappa shape index (κ2) is 10.3. The molecule has 4 heteroatoms. The topological polar surface area (TPSA) is 61.8 Å². The van der Waals surface area contributed by atoms with E-state index >= 15 is 0 Å². The lowest BCUT2D eigenvalue weighted by Gasteiger charge is -2.55. The molecule has 1 aromatic rings. The van der Waals surface area contributed by atoms with Gasteiger partial charge in [-0.2, -0.15) is 10.4 Å². The van der Waals surface area contributed by atoms with E-state index in [0.717, 1.165) is 48.5 Å². The van der Waals surface area contributed by atoms with Crippen molar-refractivity contribution in [2.45, 2.75) is 97.9 Å².